The van der Waals surface area contributed by atoms with E-state index in [4.69, 9.17) is 30.5 Å². The van der Waals surface area contributed by atoms with Crippen LogP contribution in [-0.2, 0) is 19.1 Å². The highest BCUT2D eigenvalue weighted by Gasteiger charge is 2.16. The molecule has 1 N–H and O–H groups in total. The summed E-state index contributed by atoms with van der Waals surface area (Å²) in [4.78, 5) is 23.4. The highest BCUT2D eigenvalue weighted by molar-refractivity contribution is 6.32. The van der Waals surface area contributed by atoms with Gasteiger partial charge in [0.1, 0.15) is 0 Å². The number of methoxy groups -OCH3 is 2. The molecule has 0 bridgehead atoms. The first-order valence-corrected chi connectivity index (χ1v) is 8.56. The molecule has 7 nitrogen and oxygen atoms in total. The van der Waals surface area contributed by atoms with Gasteiger partial charge in [-0.3, -0.25) is 4.79 Å². The van der Waals surface area contributed by atoms with Crippen molar-refractivity contribution in [3.63, 3.8) is 0 Å². The second kappa shape index (κ2) is 10.0. The smallest absolute Gasteiger partial charge is 0.331 e. The molecule has 1 amide bonds. The first-order valence-electron chi connectivity index (χ1n) is 8.18. The van der Waals surface area contributed by atoms with Crippen molar-refractivity contribution in [2.45, 2.75) is 18.9 Å². The third-order valence-corrected chi connectivity index (χ3v) is 4.04. The molecular formula is C18H22ClNO6. The highest BCUT2D eigenvalue weighted by Crippen LogP contribution is 2.36. The Balaban J connectivity index is 1.81. The van der Waals surface area contributed by atoms with Crippen molar-refractivity contribution in [2.24, 2.45) is 0 Å². The van der Waals surface area contributed by atoms with Crippen LogP contribution in [0.4, 0.5) is 0 Å². The molecule has 1 saturated heterocycles. The monoisotopic (exact) mass is 383 g/mol. The minimum absolute atomic E-state index is 0.0457. The molecule has 1 aromatic carbocycles. The first kappa shape index (κ1) is 20.1. The van der Waals surface area contributed by atoms with E-state index in [0.717, 1.165) is 19.4 Å². The number of ether oxygens (including phenoxy) is 4. The van der Waals surface area contributed by atoms with Gasteiger partial charge in [0.2, 0.25) is 0 Å². The Bertz CT molecular complexity index is 670. The number of hydrogen-bond acceptors (Lipinski definition) is 6. The number of nitrogens with one attached hydrogen (secondary N) is 1. The first-order chi connectivity index (χ1) is 12.5. The maximum absolute atomic E-state index is 11.7. The van der Waals surface area contributed by atoms with E-state index in [-0.39, 0.29) is 18.6 Å². The van der Waals surface area contributed by atoms with Gasteiger partial charge in [0.15, 0.2) is 18.1 Å². The maximum Gasteiger partial charge on any atom is 0.331 e. The second-order valence-electron chi connectivity index (χ2n) is 5.62. The van der Waals surface area contributed by atoms with Crippen molar-refractivity contribution in [2.75, 3.05) is 34.0 Å². The van der Waals surface area contributed by atoms with Crippen LogP contribution in [0.15, 0.2) is 18.2 Å². The Morgan fingerprint density at radius 3 is 2.81 bits per heavy atom. The number of amides is 1. The van der Waals surface area contributed by atoms with Crippen LogP contribution in [-0.4, -0.2) is 52.0 Å². The summed E-state index contributed by atoms with van der Waals surface area (Å²) in [6.07, 6.45) is 4.70. The van der Waals surface area contributed by atoms with Gasteiger partial charge in [-0.1, -0.05) is 11.6 Å². The zero-order valence-electron chi connectivity index (χ0n) is 14.7. The largest absolute Gasteiger partial charge is 0.493 e. The van der Waals surface area contributed by atoms with Gasteiger partial charge in [-0.05, 0) is 36.6 Å². The lowest BCUT2D eigenvalue weighted by Crippen LogP contribution is -2.34. The molecule has 1 aliphatic rings. The Hall–Kier alpha value is -2.25. The number of hydrogen-bond donors (Lipinski definition) is 1. The standard InChI is InChI=1S/C18H22ClNO6/c1-23-15-9-12(8-14(19)18(15)24-2)5-6-17(22)26-11-16(21)20-10-13-4-3-7-25-13/h5-6,8-9,13H,3-4,7,10-11H2,1-2H3,(H,20,21)/b6-5+/t13-/m1/s1. The van der Waals surface area contributed by atoms with Crippen LogP contribution in [0, 0.1) is 0 Å². The number of carbonyl (C=O) groups excluding carboxylic acids is 2. The van der Waals surface area contributed by atoms with Crippen LogP contribution >= 0.6 is 11.6 Å². The Morgan fingerprint density at radius 1 is 1.35 bits per heavy atom. The average Bonchev–Trinajstić information content (AvgIpc) is 3.16. The third-order valence-electron chi connectivity index (χ3n) is 3.76. The molecule has 142 valence electrons. The lowest BCUT2D eigenvalue weighted by atomic mass is 10.2. The van der Waals surface area contributed by atoms with Gasteiger partial charge < -0.3 is 24.3 Å². The van der Waals surface area contributed by atoms with Gasteiger partial charge in [-0.15, -0.1) is 0 Å². The Kier molecular flexibility index (Phi) is 7.74. The third kappa shape index (κ3) is 5.93. The number of benzene rings is 1. The molecule has 0 aromatic heterocycles. The van der Waals surface area contributed by atoms with E-state index in [1.807, 2.05) is 0 Å². The Labute approximate surface area is 157 Å². The summed E-state index contributed by atoms with van der Waals surface area (Å²) in [5.74, 6) is -0.141. The summed E-state index contributed by atoms with van der Waals surface area (Å²) >= 11 is 6.10. The topological polar surface area (TPSA) is 83.1 Å². The molecule has 1 atom stereocenters. The highest BCUT2D eigenvalue weighted by atomic mass is 35.5. The molecule has 2 rings (SSSR count). The number of rotatable bonds is 8. The minimum Gasteiger partial charge on any atom is -0.493 e. The molecule has 8 heteroatoms. The van der Waals surface area contributed by atoms with E-state index in [9.17, 15) is 9.59 Å². The van der Waals surface area contributed by atoms with Crippen molar-refractivity contribution in [3.05, 3.63) is 28.8 Å². The predicted octanol–water partition coefficient (Wildman–Crippen LogP) is 2.21. The molecule has 1 aromatic rings. The molecule has 26 heavy (non-hydrogen) atoms. The lowest BCUT2D eigenvalue weighted by Gasteiger charge is -2.10. The zero-order chi connectivity index (χ0) is 18.9. The fourth-order valence-corrected chi connectivity index (χ4v) is 2.76. The summed E-state index contributed by atoms with van der Waals surface area (Å²) in [6, 6.07) is 3.30. The van der Waals surface area contributed by atoms with Crippen molar-refractivity contribution in [1.29, 1.82) is 0 Å². The molecule has 0 aliphatic carbocycles. The van der Waals surface area contributed by atoms with Crippen LogP contribution in [0.5, 0.6) is 11.5 Å². The maximum atomic E-state index is 11.7. The molecule has 0 saturated carbocycles. The summed E-state index contributed by atoms with van der Waals surface area (Å²) in [5.41, 5.74) is 0.632. The normalized spacial score (nSPS) is 16.5. The number of carbonyl (C=O) groups is 2. The fraction of sp³-hybridized carbons (Fsp3) is 0.444. The zero-order valence-corrected chi connectivity index (χ0v) is 15.5. The Morgan fingerprint density at radius 2 is 2.15 bits per heavy atom. The molecular weight excluding hydrogens is 362 g/mol. The molecule has 0 spiro atoms. The minimum atomic E-state index is -0.636. The predicted molar refractivity (Wildman–Crippen MR) is 96.5 cm³/mol. The van der Waals surface area contributed by atoms with Crippen LogP contribution < -0.4 is 14.8 Å². The van der Waals surface area contributed by atoms with Crippen LogP contribution in [0.3, 0.4) is 0 Å². The quantitative estimate of drug-likeness (QED) is 0.547. The van der Waals surface area contributed by atoms with Gasteiger partial charge in [0, 0.05) is 19.2 Å². The summed E-state index contributed by atoms with van der Waals surface area (Å²) in [5, 5.41) is 3.03. The van der Waals surface area contributed by atoms with Crippen LogP contribution in [0.2, 0.25) is 5.02 Å². The lowest BCUT2D eigenvalue weighted by molar-refractivity contribution is -0.143. The second-order valence-corrected chi connectivity index (χ2v) is 6.03. The van der Waals surface area contributed by atoms with E-state index in [0.29, 0.717) is 28.6 Å². The summed E-state index contributed by atoms with van der Waals surface area (Å²) < 4.78 is 20.6. The van der Waals surface area contributed by atoms with Crippen LogP contribution in [0.25, 0.3) is 6.08 Å². The van der Waals surface area contributed by atoms with E-state index in [1.165, 1.54) is 26.4 Å². The van der Waals surface area contributed by atoms with Crippen molar-refractivity contribution in [1.82, 2.24) is 5.32 Å². The molecule has 1 heterocycles. The van der Waals surface area contributed by atoms with Gasteiger partial charge in [-0.25, -0.2) is 4.79 Å². The van der Waals surface area contributed by atoms with E-state index >= 15 is 0 Å². The number of esters is 1. The van der Waals surface area contributed by atoms with Crippen molar-refractivity contribution in [3.8, 4) is 11.5 Å². The molecule has 0 radical (unpaired) electrons. The average molecular weight is 384 g/mol. The summed E-state index contributed by atoms with van der Waals surface area (Å²) in [6.45, 7) is 0.805. The van der Waals surface area contributed by atoms with E-state index in [2.05, 4.69) is 5.32 Å². The van der Waals surface area contributed by atoms with E-state index in [1.54, 1.807) is 12.1 Å². The van der Waals surface area contributed by atoms with Gasteiger partial charge in [-0.2, -0.15) is 0 Å². The molecule has 0 unspecified atom stereocenters. The fourth-order valence-electron chi connectivity index (χ4n) is 2.47. The molecule has 1 fully saturated rings. The van der Waals surface area contributed by atoms with Gasteiger partial charge in [0.25, 0.3) is 5.91 Å². The van der Waals surface area contributed by atoms with E-state index < -0.39 is 5.97 Å². The molecule has 1 aliphatic heterocycles. The summed E-state index contributed by atoms with van der Waals surface area (Å²) in [7, 11) is 2.98. The van der Waals surface area contributed by atoms with Crippen molar-refractivity contribution < 1.29 is 28.5 Å². The number of halogens is 1. The van der Waals surface area contributed by atoms with Gasteiger partial charge in [0.05, 0.1) is 25.3 Å². The van der Waals surface area contributed by atoms with Crippen LogP contribution in [0.1, 0.15) is 18.4 Å². The van der Waals surface area contributed by atoms with Gasteiger partial charge >= 0.3 is 5.97 Å². The van der Waals surface area contributed by atoms with Crippen molar-refractivity contribution >= 4 is 29.6 Å². The SMILES string of the molecule is COc1cc(/C=C/C(=O)OCC(=O)NC[C@H]2CCCO2)cc(Cl)c1OC.